The van der Waals surface area contributed by atoms with Gasteiger partial charge < -0.3 is 5.32 Å². The van der Waals surface area contributed by atoms with E-state index in [4.69, 9.17) is 7.57 Å². The molecule has 120 valence electrons. The van der Waals surface area contributed by atoms with Crippen LogP contribution in [0.1, 0.15) is 64.2 Å². The number of rotatable bonds is 8. The Balaban J connectivity index is 1.91. The minimum absolute atomic E-state index is 0.900. The van der Waals surface area contributed by atoms with Crippen molar-refractivity contribution in [3.8, 4) is 0 Å². The fourth-order valence-electron chi connectivity index (χ4n) is 4.36. The van der Waals surface area contributed by atoms with E-state index in [1.54, 1.807) is 0 Å². The van der Waals surface area contributed by atoms with Crippen molar-refractivity contribution < 1.29 is 0 Å². The summed E-state index contributed by atoms with van der Waals surface area (Å²) >= 11 is 1.93. The molecule has 1 nitrogen and oxygen atoms in total. The Morgan fingerprint density at radius 1 is 0.905 bits per heavy atom. The van der Waals surface area contributed by atoms with Crippen molar-refractivity contribution in [3.63, 3.8) is 0 Å². The van der Waals surface area contributed by atoms with Gasteiger partial charge in [-0.05, 0) is 64.8 Å². The van der Waals surface area contributed by atoms with Crippen molar-refractivity contribution in [1.29, 1.82) is 0 Å². The second-order valence-electron chi connectivity index (χ2n) is 7.05. The summed E-state index contributed by atoms with van der Waals surface area (Å²) in [5.41, 5.74) is 1.80. The summed E-state index contributed by atoms with van der Waals surface area (Å²) in [4.78, 5) is 0. The first-order valence-electron chi connectivity index (χ1n) is 9.13. The van der Waals surface area contributed by atoms with Crippen LogP contribution in [0.25, 0.3) is 0 Å². The maximum Gasteiger partial charge on any atom is 0.365 e. The Hall–Kier alpha value is 0.805. The third kappa shape index (κ3) is 5.43. The van der Waals surface area contributed by atoms with Crippen molar-refractivity contribution in [2.75, 3.05) is 31.3 Å². The van der Waals surface area contributed by atoms with Crippen molar-refractivity contribution in [2.45, 2.75) is 75.5 Å². The molecular weight excluding hydrogens is 292 g/mol. The molecule has 0 heterocycles. The molecule has 0 amide bonds. The van der Waals surface area contributed by atoms with E-state index in [1.807, 2.05) is 11.8 Å². The molecule has 2 rings (SSSR count). The molecule has 2 aliphatic rings. The van der Waals surface area contributed by atoms with Crippen LogP contribution < -0.4 is 5.32 Å². The lowest BCUT2D eigenvalue weighted by Crippen LogP contribution is -2.33. The van der Waals surface area contributed by atoms with Crippen molar-refractivity contribution in [1.82, 2.24) is 5.32 Å². The van der Waals surface area contributed by atoms with Gasteiger partial charge in [0.1, 0.15) is 0 Å². The van der Waals surface area contributed by atoms with Gasteiger partial charge in [0.2, 0.25) is 0 Å². The lowest BCUT2D eigenvalue weighted by molar-refractivity contribution is 0.481. The summed E-state index contributed by atoms with van der Waals surface area (Å²) in [5.74, 6) is 1.23. The largest absolute Gasteiger partial charge is 0.365 e. The van der Waals surface area contributed by atoms with E-state index in [1.165, 1.54) is 76.1 Å². The predicted octanol–water partition coefficient (Wildman–Crippen LogP) is 4.71. The van der Waals surface area contributed by atoms with Crippen LogP contribution in [0.3, 0.4) is 0 Å². The van der Waals surface area contributed by atoms with Gasteiger partial charge in [-0.15, -0.1) is 0 Å². The second-order valence-corrected chi connectivity index (χ2v) is 11.9. The first-order chi connectivity index (χ1) is 10.3. The van der Waals surface area contributed by atoms with Crippen molar-refractivity contribution in [3.05, 3.63) is 0 Å². The van der Waals surface area contributed by atoms with E-state index in [0.717, 1.165) is 24.4 Å². The SMILES string of the molecule is [B][P+](CCNCCSC)(C1CCCCC1)C1CCCCC1. The smallest absolute Gasteiger partial charge is 0.312 e. The van der Waals surface area contributed by atoms with E-state index in [9.17, 15) is 0 Å². The predicted molar refractivity (Wildman–Crippen MR) is 103 cm³/mol. The van der Waals surface area contributed by atoms with Gasteiger partial charge in [0, 0.05) is 18.8 Å². The minimum atomic E-state index is -1.24. The highest BCUT2D eigenvalue weighted by Crippen LogP contribution is 2.68. The van der Waals surface area contributed by atoms with Crippen molar-refractivity contribution in [2.24, 2.45) is 0 Å². The minimum Gasteiger partial charge on any atom is -0.312 e. The summed E-state index contributed by atoms with van der Waals surface area (Å²) in [6, 6.07) is 0. The molecular formula is C17H34BNPS+. The van der Waals surface area contributed by atoms with Gasteiger partial charge in [0.05, 0.1) is 17.5 Å². The molecule has 0 unspecified atom stereocenters. The Morgan fingerprint density at radius 3 is 1.90 bits per heavy atom. The molecule has 0 bridgehead atoms. The molecule has 1 N–H and O–H groups in total. The molecule has 0 aromatic heterocycles. The van der Waals surface area contributed by atoms with E-state index < -0.39 is 7.14 Å². The molecule has 2 saturated carbocycles. The highest BCUT2D eigenvalue weighted by Gasteiger charge is 2.47. The molecule has 2 aliphatic carbocycles. The Kier molecular flexibility index (Phi) is 8.50. The zero-order valence-electron chi connectivity index (χ0n) is 14.0. The fourth-order valence-corrected chi connectivity index (χ4v) is 9.23. The molecule has 0 atom stereocenters. The molecule has 0 spiro atoms. The van der Waals surface area contributed by atoms with E-state index in [-0.39, 0.29) is 0 Å². The van der Waals surface area contributed by atoms with Crippen LogP contribution in [0.4, 0.5) is 0 Å². The standard InChI is InChI=1S/C17H34BNPS/c1-21-15-13-19-12-14-20(18,16-8-4-2-5-9-16)17-10-6-3-7-11-17/h16-17,19H,2-15H2,1H3/q+1. The van der Waals surface area contributed by atoms with Gasteiger partial charge in [0.25, 0.3) is 0 Å². The summed E-state index contributed by atoms with van der Waals surface area (Å²) in [6.45, 7) is 2.31. The summed E-state index contributed by atoms with van der Waals surface area (Å²) in [6.07, 6.45) is 17.9. The summed E-state index contributed by atoms with van der Waals surface area (Å²) in [7, 11) is 5.99. The Morgan fingerprint density at radius 2 is 1.43 bits per heavy atom. The van der Waals surface area contributed by atoms with Crippen molar-refractivity contribution >= 4 is 26.5 Å². The molecule has 0 aliphatic heterocycles. The monoisotopic (exact) mass is 326 g/mol. The van der Waals surface area contributed by atoms with Crippen LogP contribution in [-0.2, 0) is 0 Å². The van der Waals surface area contributed by atoms with E-state index in [0.29, 0.717) is 0 Å². The number of hydrogen-bond donors (Lipinski definition) is 1. The van der Waals surface area contributed by atoms with Gasteiger partial charge in [-0.2, -0.15) is 11.8 Å². The maximum absolute atomic E-state index is 7.23. The zero-order valence-corrected chi connectivity index (χ0v) is 15.7. The van der Waals surface area contributed by atoms with E-state index in [2.05, 4.69) is 11.6 Å². The van der Waals surface area contributed by atoms with Crippen LogP contribution in [0.15, 0.2) is 0 Å². The topological polar surface area (TPSA) is 12.0 Å². The first-order valence-corrected chi connectivity index (χ1v) is 12.7. The number of thioether (sulfide) groups is 1. The van der Waals surface area contributed by atoms with Crippen LogP contribution in [-0.4, -0.2) is 50.1 Å². The Bertz CT molecular complexity index is 260. The van der Waals surface area contributed by atoms with Crippen LogP contribution in [0.5, 0.6) is 0 Å². The van der Waals surface area contributed by atoms with Crippen LogP contribution >= 0.6 is 18.9 Å². The lowest BCUT2D eigenvalue weighted by atomic mass is 9.99. The number of nitrogens with one attached hydrogen (secondary N) is 1. The molecule has 21 heavy (non-hydrogen) atoms. The van der Waals surface area contributed by atoms with E-state index >= 15 is 0 Å². The highest BCUT2D eigenvalue weighted by atomic mass is 32.2. The van der Waals surface area contributed by atoms with Gasteiger partial charge in [0.15, 0.2) is 0 Å². The summed E-state index contributed by atoms with van der Waals surface area (Å²) in [5, 5.41) is 3.65. The Labute approximate surface area is 138 Å². The average Bonchev–Trinajstić information content (AvgIpc) is 2.56. The highest BCUT2D eigenvalue weighted by molar-refractivity contribution is 7.98. The molecule has 0 aromatic rings. The lowest BCUT2D eigenvalue weighted by Gasteiger charge is -2.42. The molecule has 4 heteroatoms. The van der Waals surface area contributed by atoms with Gasteiger partial charge in [-0.1, -0.05) is 12.8 Å². The van der Waals surface area contributed by atoms with Crippen LogP contribution in [0, 0.1) is 0 Å². The third-order valence-corrected chi connectivity index (χ3v) is 11.0. The molecule has 2 radical (unpaired) electrons. The quantitative estimate of drug-likeness (QED) is 0.394. The van der Waals surface area contributed by atoms with Gasteiger partial charge in [-0.25, -0.2) is 0 Å². The normalized spacial score (nSPS) is 22.5. The molecule has 0 saturated heterocycles. The van der Waals surface area contributed by atoms with Crippen LogP contribution in [0.2, 0.25) is 0 Å². The fraction of sp³-hybridized carbons (Fsp3) is 1.00. The molecule has 2 fully saturated rings. The van der Waals surface area contributed by atoms with Gasteiger partial charge in [-0.3, -0.25) is 0 Å². The molecule has 0 aromatic carbocycles. The maximum atomic E-state index is 7.23. The zero-order chi connectivity index (χ0) is 15.0. The average molecular weight is 326 g/mol. The third-order valence-electron chi connectivity index (χ3n) is 5.67. The second kappa shape index (κ2) is 9.84. The number of hydrogen-bond acceptors (Lipinski definition) is 2. The summed E-state index contributed by atoms with van der Waals surface area (Å²) < 4.78 is 0. The van der Waals surface area contributed by atoms with Gasteiger partial charge >= 0.3 is 7.57 Å². The first kappa shape index (κ1) is 18.1.